The molecule has 1 aromatic carbocycles. The number of rotatable bonds is 1. The average Bonchev–Trinajstić information content (AvgIpc) is 2.49. The lowest BCUT2D eigenvalue weighted by Crippen LogP contribution is -2.46. The molecule has 1 aliphatic rings. The van der Waals surface area contributed by atoms with Crippen molar-refractivity contribution >= 4 is 29.2 Å². The number of amides is 1. The average molecular weight is 311 g/mol. The van der Waals surface area contributed by atoms with Crippen molar-refractivity contribution in [3.05, 3.63) is 28.8 Å². The van der Waals surface area contributed by atoms with Crippen molar-refractivity contribution < 1.29 is 14.3 Å². The molecule has 0 unspecified atom stereocenters. The predicted molar refractivity (Wildman–Crippen MR) is 81.8 cm³/mol. The molecule has 2 N–H and O–H groups in total. The lowest BCUT2D eigenvalue weighted by Gasteiger charge is -2.22. The summed E-state index contributed by atoms with van der Waals surface area (Å²) in [5, 5.41) is 6.29. The Bertz CT molecular complexity index is 567. The standard InChI is InChI=1S/C15H19ClN2O3/c1-15(2,3)21-14(20)18-12-8-17-11-6-4-5-10(16)9(11)7-13(12)19/h4-6,12,17H,7-8H2,1-3H3,(H,18,20)/t12-/m0/s1. The number of anilines is 1. The Morgan fingerprint density at radius 1 is 1.43 bits per heavy atom. The molecular formula is C15H19ClN2O3. The van der Waals surface area contributed by atoms with Crippen LogP contribution in [0.15, 0.2) is 18.2 Å². The highest BCUT2D eigenvalue weighted by molar-refractivity contribution is 6.32. The van der Waals surface area contributed by atoms with Crippen LogP contribution in [0.3, 0.4) is 0 Å². The first-order valence-corrected chi connectivity index (χ1v) is 7.17. The normalized spacial score (nSPS) is 18.3. The number of carbonyl (C=O) groups is 2. The van der Waals surface area contributed by atoms with Gasteiger partial charge < -0.3 is 15.4 Å². The molecule has 5 nitrogen and oxygen atoms in total. The van der Waals surface area contributed by atoms with E-state index >= 15 is 0 Å². The maximum atomic E-state index is 12.3. The summed E-state index contributed by atoms with van der Waals surface area (Å²) in [5.41, 5.74) is 0.986. The van der Waals surface area contributed by atoms with Crippen LogP contribution < -0.4 is 10.6 Å². The van der Waals surface area contributed by atoms with Crippen LogP contribution in [-0.2, 0) is 16.0 Å². The summed E-state index contributed by atoms with van der Waals surface area (Å²) in [7, 11) is 0. The highest BCUT2D eigenvalue weighted by atomic mass is 35.5. The first kappa shape index (κ1) is 15.6. The number of ether oxygens (including phenoxy) is 1. The fourth-order valence-corrected chi connectivity index (χ4v) is 2.35. The van der Waals surface area contributed by atoms with Crippen LogP contribution in [-0.4, -0.2) is 30.1 Å². The maximum absolute atomic E-state index is 12.3. The second-order valence-electron chi connectivity index (χ2n) is 5.99. The number of ketones is 1. The van der Waals surface area contributed by atoms with E-state index < -0.39 is 17.7 Å². The Balaban J connectivity index is 2.07. The van der Waals surface area contributed by atoms with Gasteiger partial charge in [-0.3, -0.25) is 4.79 Å². The van der Waals surface area contributed by atoms with Gasteiger partial charge in [0.15, 0.2) is 5.78 Å². The Morgan fingerprint density at radius 2 is 2.14 bits per heavy atom. The van der Waals surface area contributed by atoms with Crippen LogP contribution in [0.2, 0.25) is 5.02 Å². The molecule has 0 radical (unpaired) electrons. The zero-order chi connectivity index (χ0) is 15.6. The molecule has 0 aliphatic carbocycles. The summed E-state index contributed by atoms with van der Waals surface area (Å²) in [6.07, 6.45) is -0.414. The number of Topliss-reactive ketones (excluding diaryl/α,β-unsaturated/α-hetero) is 1. The van der Waals surface area contributed by atoms with E-state index in [1.165, 1.54) is 0 Å². The topological polar surface area (TPSA) is 67.4 Å². The Kier molecular flexibility index (Phi) is 4.42. The highest BCUT2D eigenvalue weighted by Crippen LogP contribution is 2.27. The van der Waals surface area contributed by atoms with Gasteiger partial charge in [0.25, 0.3) is 0 Å². The van der Waals surface area contributed by atoms with E-state index in [9.17, 15) is 9.59 Å². The molecule has 0 bridgehead atoms. The number of hydrogen-bond donors (Lipinski definition) is 2. The van der Waals surface area contributed by atoms with E-state index in [1.807, 2.05) is 12.1 Å². The van der Waals surface area contributed by atoms with Gasteiger partial charge in [0.2, 0.25) is 0 Å². The minimum absolute atomic E-state index is 0.0970. The molecule has 1 atom stereocenters. The van der Waals surface area contributed by atoms with Crippen LogP contribution in [0.4, 0.5) is 10.5 Å². The van der Waals surface area contributed by atoms with E-state index in [0.717, 1.165) is 11.3 Å². The zero-order valence-corrected chi connectivity index (χ0v) is 13.1. The Morgan fingerprint density at radius 3 is 2.81 bits per heavy atom. The molecule has 0 saturated heterocycles. The van der Waals surface area contributed by atoms with Gasteiger partial charge in [-0.05, 0) is 32.9 Å². The third-order valence-electron chi connectivity index (χ3n) is 3.05. The third-order valence-corrected chi connectivity index (χ3v) is 3.40. The molecule has 1 aromatic rings. The summed E-state index contributed by atoms with van der Waals surface area (Å²) in [4.78, 5) is 24.0. The van der Waals surface area contributed by atoms with Crippen molar-refractivity contribution in [3.63, 3.8) is 0 Å². The van der Waals surface area contributed by atoms with Gasteiger partial charge in [0.05, 0.1) is 0 Å². The smallest absolute Gasteiger partial charge is 0.408 e. The summed E-state index contributed by atoms with van der Waals surface area (Å²) < 4.78 is 5.17. The lowest BCUT2D eigenvalue weighted by atomic mass is 10.0. The molecule has 6 heteroatoms. The fourth-order valence-electron chi connectivity index (χ4n) is 2.11. The summed E-state index contributed by atoms with van der Waals surface area (Å²) in [6.45, 7) is 5.63. The molecule has 114 valence electrons. The first-order valence-electron chi connectivity index (χ1n) is 6.80. The van der Waals surface area contributed by atoms with Crippen LogP contribution in [0.25, 0.3) is 0 Å². The predicted octanol–water partition coefficient (Wildman–Crippen LogP) is 2.77. The van der Waals surface area contributed by atoms with Crippen LogP contribution in [0.1, 0.15) is 26.3 Å². The largest absolute Gasteiger partial charge is 0.444 e. The summed E-state index contributed by atoms with van der Waals surface area (Å²) >= 11 is 6.12. The Labute approximate surface area is 129 Å². The molecule has 2 rings (SSSR count). The van der Waals surface area contributed by atoms with E-state index in [2.05, 4.69) is 10.6 Å². The quantitative estimate of drug-likeness (QED) is 0.837. The van der Waals surface area contributed by atoms with Crippen molar-refractivity contribution in [1.82, 2.24) is 5.32 Å². The van der Waals surface area contributed by atoms with Crippen LogP contribution in [0, 0.1) is 0 Å². The van der Waals surface area contributed by atoms with Crippen molar-refractivity contribution in [2.24, 2.45) is 0 Å². The molecule has 21 heavy (non-hydrogen) atoms. The van der Waals surface area contributed by atoms with Gasteiger partial charge in [0.1, 0.15) is 11.6 Å². The van der Waals surface area contributed by atoms with Crippen molar-refractivity contribution in [2.45, 2.75) is 38.8 Å². The summed E-state index contributed by atoms with van der Waals surface area (Å²) in [5.74, 6) is -0.0970. The van der Waals surface area contributed by atoms with E-state index in [-0.39, 0.29) is 12.2 Å². The fraction of sp³-hybridized carbons (Fsp3) is 0.467. The number of hydrogen-bond acceptors (Lipinski definition) is 4. The molecule has 0 saturated carbocycles. The number of benzene rings is 1. The third kappa shape index (κ3) is 4.11. The van der Waals surface area contributed by atoms with Crippen molar-refractivity contribution in [3.8, 4) is 0 Å². The van der Waals surface area contributed by atoms with E-state index in [0.29, 0.717) is 11.6 Å². The molecule has 1 heterocycles. The van der Waals surface area contributed by atoms with Crippen molar-refractivity contribution in [1.29, 1.82) is 0 Å². The zero-order valence-electron chi connectivity index (χ0n) is 12.3. The SMILES string of the molecule is CC(C)(C)OC(=O)N[C@H]1CNc2cccc(Cl)c2CC1=O. The second-order valence-corrected chi connectivity index (χ2v) is 6.40. The van der Waals surface area contributed by atoms with Gasteiger partial charge >= 0.3 is 6.09 Å². The molecule has 1 aliphatic heterocycles. The van der Waals surface area contributed by atoms with Crippen LogP contribution in [0.5, 0.6) is 0 Å². The van der Waals surface area contributed by atoms with E-state index in [4.69, 9.17) is 16.3 Å². The molecule has 0 fully saturated rings. The number of nitrogens with one attached hydrogen (secondary N) is 2. The van der Waals surface area contributed by atoms with Gasteiger partial charge in [-0.1, -0.05) is 17.7 Å². The lowest BCUT2D eigenvalue weighted by molar-refractivity contribution is -0.120. The number of halogens is 1. The minimum atomic E-state index is -0.636. The number of carbonyl (C=O) groups excluding carboxylic acids is 2. The van der Waals surface area contributed by atoms with Gasteiger partial charge in [-0.25, -0.2) is 4.79 Å². The van der Waals surface area contributed by atoms with E-state index in [1.54, 1.807) is 26.8 Å². The first-order chi connectivity index (χ1) is 9.76. The van der Waals surface area contributed by atoms with Gasteiger partial charge in [-0.15, -0.1) is 0 Å². The molecule has 1 amide bonds. The molecule has 0 spiro atoms. The summed E-state index contributed by atoms with van der Waals surface area (Å²) in [6, 6.07) is 4.80. The number of alkyl carbamates (subject to hydrolysis) is 1. The maximum Gasteiger partial charge on any atom is 0.408 e. The van der Waals surface area contributed by atoms with Crippen LogP contribution >= 0.6 is 11.6 Å². The molecule has 0 aromatic heterocycles. The Hall–Kier alpha value is -1.75. The number of fused-ring (bicyclic) bond motifs is 1. The van der Waals surface area contributed by atoms with Gasteiger partial charge in [-0.2, -0.15) is 0 Å². The monoisotopic (exact) mass is 310 g/mol. The minimum Gasteiger partial charge on any atom is -0.444 e. The second kappa shape index (κ2) is 5.93. The highest BCUT2D eigenvalue weighted by Gasteiger charge is 2.28. The van der Waals surface area contributed by atoms with Crippen molar-refractivity contribution in [2.75, 3.05) is 11.9 Å². The van der Waals surface area contributed by atoms with Gasteiger partial charge in [0, 0.05) is 29.2 Å². The molecular weight excluding hydrogens is 292 g/mol.